The maximum absolute atomic E-state index is 12.8. The largest absolute Gasteiger partial charge is 0.478 e. The minimum absolute atomic E-state index is 0.0598. The first-order valence-corrected chi connectivity index (χ1v) is 13.6. The van der Waals surface area contributed by atoms with Crippen molar-refractivity contribution in [2.75, 3.05) is 0 Å². The molecule has 0 saturated heterocycles. The summed E-state index contributed by atoms with van der Waals surface area (Å²) in [7, 11) is -3.61. The van der Waals surface area contributed by atoms with Crippen molar-refractivity contribution in [2.45, 2.75) is 80.7 Å². The van der Waals surface area contributed by atoms with Gasteiger partial charge in [0.25, 0.3) is 0 Å². The number of carbonyl (C=O) groups excluding carboxylic acids is 1. The number of carboxylic acids is 1. The summed E-state index contributed by atoms with van der Waals surface area (Å²) in [6.07, 6.45) is 2.70. The number of nitrogens with one attached hydrogen (secondary N) is 2. The van der Waals surface area contributed by atoms with Crippen LogP contribution in [-0.2, 0) is 30.7 Å². The van der Waals surface area contributed by atoms with E-state index in [-0.39, 0.29) is 33.8 Å². The quantitative estimate of drug-likeness (QED) is 0.420. The van der Waals surface area contributed by atoms with Gasteiger partial charge in [0, 0.05) is 25.1 Å². The molecule has 0 aliphatic heterocycles. The van der Waals surface area contributed by atoms with E-state index in [0.717, 1.165) is 18.4 Å². The number of benzene rings is 2. The lowest BCUT2D eigenvalue weighted by atomic mass is 9.87. The van der Waals surface area contributed by atoms with Crippen LogP contribution < -0.4 is 10.6 Å². The van der Waals surface area contributed by atoms with Crippen molar-refractivity contribution < 1.29 is 27.9 Å². The van der Waals surface area contributed by atoms with Crippen molar-refractivity contribution in [2.24, 2.45) is 0 Å². The van der Waals surface area contributed by atoms with Gasteiger partial charge in [0.05, 0.1) is 28.0 Å². The van der Waals surface area contributed by atoms with Gasteiger partial charge in [-0.05, 0) is 55.2 Å². The zero-order valence-electron chi connectivity index (χ0n) is 20.8. The van der Waals surface area contributed by atoms with Crippen LogP contribution in [0.5, 0.6) is 0 Å². The Balaban J connectivity index is 1.78. The molecule has 0 radical (unpaired) electrons. The molecule has 3 rings (SSSR count). The van der Waals surface area contributed by atoms with Crippen LogP contribution in [0.15, 0.2) is 76.0 Å². The van der Waals surface area contributed by atoms with Gasteiger partial charge >= 0.3 is 5.97 Å². The van der Waals surface area contributed by atoms with E-state index in [4.69, 9.17) is 4.74 Å². The third-order valence-corrected chi connectivity index (χ3v) is 8.14. The van der Waals surface area contributed by atoms with Gasteiger partial charge in [-0.15, -0.1) is 0 Å². The van der Waals surface area contributed by atoms with Gasteiger partial charge in [0.1, 0.15) is 0 Å². The number of carboxylic acid groups (broad SMARTS) is 1. The van der Waals surface area contributed by atoms with E-state index in [1.807, 2.05) is 13.8 Å². The van der Waals surface area contributed by atoms with Gasteiger partial charge < -0.3 is 20.5 Å². The van der Waals surface area contributed by atoms with Crippen molar-refractivity contribution in [1.29, 1.82) is 0 Å². The molecule has 3 atom stereocenters. The van der Waals surface area contributed by atoms with E-state index in [0.29, 0.717) is 6.54 Å². The smallest absolute Gasteiger partial charge is 0.331 e. The average Bonchev–Trinajstić information content (AvgIpc) is 2.87. The van der Waals surface area contributed by atoms with Gasteiger partial charge in [-0.2, -0.15) is 0 Å². The second-order valence-electron chi connectivity index (χ2n) is 8.91. The van der Waals surface area contributed by atoms with Crippen LogP contribution >= 0.6 is 0 Å². The fourth-order valence-electron chi connectivity index (χ4n) is 4.34. The molecule has 2 aromatic carbocycles. The molecule has 0 aromatic heterocycles. The average molecular weight is 515 g/mol. The van der Waals surface area contributed by atoms with Crippen LogP contribution in [0.4, 0.5) is 0 Å². The number of sulfone groups is 1. The number of amides is 1. The maximum Gasteiger partial charge on any atom is 0.331 e. The lowest BCUT2D eigenvalue weighted by Gasteiger charge is -2.38. The predicted molar refractivity (Wildman–Crippen MR) is 136 cm³/mol. The SMILES string of the molecule is CCC(CC)O[C@@H]1C=C(C(=O)O)C[C@H](NCc2ccc(S(=O)(=O)c3ccccc3)cc2)[C@H]1NC(C)=O. The summed E-state index contributed by atoms with van der Waals surface area (Å²) in [5.41, 5.74) is 1.06. The molecule has 0 spiro atoms. The van der Waals surface area contributed by atoms with Crippen molar-refractivity contribution in [3.8, 4) is 0 Å². The molecule has 1 aliphatic rings. The Morgan fingerprint density at radius 2 is 1.64 bits per heavy atom. The Morgan fingerprint density at radius 3 is 2.19 bits per heavy atom. The molecule has 0 fully saturated rings. The number of hydrogen-bond donors (Lipinski definition) is 3. The van der Waals surface area contributed by atoms with Gasteiger partial charge in [-0.1, -0.05) is 44.2 Å². The van der Waals surface area contributed by atoms with E-state index in [2.05, 4.69) is 10.6 Å². The summed E-state index contributed by atoms with van der Waals surface area (Å²) in [5.74, 6) is -1.25. The fourth-order valence-corrected chi connectivity index (χ4v) is 5.62. The molecule has 9 heteroatoms. The summed E-state index contributed by atoms with van der Waals surface area (Å²) in [4.78, 5) is 24.2. The third-order valence-electron chi connectivity index (χ3n) is 6.35. The van der Waals surface area contributed by atoms with Crippen molar-refractivity contribution in [3.63, 3.8) is 0 Å². The summed E-state index contributed by atoms with van der Waals surface area (Å²) >= 11 is 0. The predicted octanol–water partition coefficient (Wildman–Crippen LogP) is 3.47. The zero-order valence-corrected chi connectivity index (χ0v) is 21.6. The summed E-state index contributed by atoms with van der Waals surface area (Å²) in [5, 5.41) is 16.0. The van der Waals surface area contributed by atoms with Crippen LogP contribution in [0.1, 0.15) is 45.6 Å². The molecular weight excluding hydrogens is 480 g/mol. The van der Waals surface area contributed by atoms with Crippen LogP contribution in [0.2, 0.25) is 0 Å². The highest BCUT2D eigenvalue weighted by atomic mass is 32.2. The van der Waals surface area contributed by atoms with Gasteiger partial charge in [-0.3, -0.25) is 4.79 Å². The standard InChI is InChI=1S/C27H34N2O6S/c1-4-21(5-2)35-25-16-20(27(31)32)15-24(26(25)29-18(3)30)28-17-19-11-13-23(14-12-19)36(33,34)22-9-7-6-8-10-22/h6-14,16,21,24-26,28H,4-5,15,17H2,1-3H3,(H,29,30)(H,31,32)/t24-,25+,26+/m0/s1. The third kappa shape index (κ3) is 6.81. The Kier molecular flexibility index (Phi) is 9.42. The van der Waals surface area contributed by atoms with E-state index in [9.17, 15) is 23.1 Å². The fraction of sp³-hybridized carbons (Fsp3) is 0.407. The molecule has 0 heterocycles. The van der Waals surface area contributed by atoms with Crippen LogP contribution in [0, 0.1) is 0 Å². The second kappa shape index (κ2) is 12.3. The first-order valence-electron chi connectivity index (χ1n) is 12.1. The highest BCUT2D eigenvalue weighted by Gasteiger charge is 2.37. The number of aliphatic carboxylic acids is 1. The molecule has 1 amide bonds. The van der Waals surface area contributed by atoms with Gasteiger partial charge in [0.15, 0.2) is 0 Å². The van der Waals surface area contributed by atoms with E-state index in [1.54, 1.807) is 60.7 Å². The normalized spacial score (nSPS) is 20.1. The molecule has 0 saturated carbocycles. The molecular formula is C27H34N2O6S. The van der Waals surface area contributed by atoms with Crippen molar-refractivity contribution >= 4 is 21.7 Å². The van der Waals surface area contributed by atoms with E-state index in [1.165, 1.54) is 6.92 Å². The first-order chi connectivity index (χ1) is 17.1. The minimum Gasteiger partial charge on any atom is -0.478 e. The topological polar surface area (TPSA) is 122 Å². The second-order valence-corrected chi connectivity index (χ2v) is 10.9. The highest BCUT2D eigenvalue weighted by Crippen LogP contribution is 2.25. The van der Waals surface area contributed by atoms with Gasteiger partial charge in [0.2, 0.25) is 15.7 Å². The summed E-state index contributed by atoms with van der Waals surface area (Å²) in [6, 6.07) is 14.0. The number of ether oxygens (including phenoxy) is 1. The van der Waals surface area contributed by atoms with Crippen LogP contribution in [-0.4, -0.2) is 49.7 Å². The summed E-state index contributed by atoms with van der Waals surface area (Å²) in [6.45, 7) is 5.79. The first kappa shape index (κ1) is 27.6. The van der Waals surface area contributed by atoms with Gasteiger partial charge in [-0.25, -0.2) is 13.2 Å². The zero-order chi connectivity index (χ0) is 26.3. The monoisotopic (exact) mass is 514 g/mol. The lowest BCUT2D eigenvalue weighted by Crippen LogP contribution is -2.58. The molecule has 3 N–H and O–H groups in total. The molecule has 0 bridgehead atoms. The molecule has 8 nitrogen and oxygen atoms in total. The summed E-state index contributed by atoms with van der Waals surface area (Å²) < 4.78 is 31.9. The number of hydrogen-bond acceptors (Lipinski definition) is 6. The minimum atomic E-state index is -3.61. The maximum atomic E-state index is 12.8. The molecule has 0 unspecified atom stereocenters. The number of rotatable bonds is 11. The Hall–Kier alpha value is -3.01. The Morgan fingerprint density at radius 1 is 1.03 bits per heavy atom. The van der Waals surface area contributed by atoms with E-state index < -0.39 is 34.0 Å². The Labute approximate surface area is 212 Å². The highest BCUT2D eigenvalue weighted by molar-refractivity contribution is 7.91. The van der Waals surface area contributed by atoms with E-state index >= 15 is 0 Å². The lowest BCUT2D eigenvalue weighted by molar-refractivity contribution is -0.133. The van der Waals surface area contributed by atoms with Crippen LogP contribution in [0.3, 0.4) is 0 Å². The van der Waals surface area contributed by atoms with Crippen molar-refractivity contribution in [3.05, 3.63) is 71.8 Å². The molecule has 2 aromatic rings. The Bertz CT molecular complexity index is 1170. The number of carbonyl (C=O) groups is 2. The molecule has 1 aliphatic carbocycles. The molecule has 194 valence electrons. The van der Waals surface area contributed by atoms with Crippen LogP contribution in [0.25, 0.3) is 0 Å². The van der Waals surface area contributed by atoms with Crippen molar-refractivity contribution in [1.82, 2.24) is 10.6 Å². The molecule has 36 heavy (non-hydrogen) atoms.